The van der Waals surface area contributed by atoms with Crippen molar-refractivity contribution in [2.24, 2.45) is 11.8 Å². The molecule has 0 spiro atoms. The molecule has 156 valence electrons. The summed E-state index contributed by atoms with van der Waals surface area (Å²) in [6, 6.07) is 20.3. The SMILES string of the molecule is CC(C)CN1C(=O)C(c2ccccc2)=C(N2CCC(Cc3ccccc3)CC2)C1=O. The fraction of sp³-hybridized carbons (Fsp3) is 0.385. The number of carbonyl (C=O) groups excluding carboxylic acids is 2. The molecule has 2 aromatic rings. The molecule has 0 radical (unpaired) electrons. The first-order valence-electron chi connectivity index (χ1n) is 11.0. The van der Waals surface area contributed by atoms with E-state index in [0.717, 1.165) is 37.9 Å². The van der Waals surface area contributed by atoms with Gasteiger partial charge in [-0.05, 0) is 42.2 Å². The largest absolute Gasteiger partial charge is 0.366 e. The molecule has 0 bridgehead atoms. The van der Waals surface area contributed by atoms with Gasteiger partial charge in [-0.2, -0.15) is 0 Å². The number of benzene rings is 2. The Hall–Kier alpha value is -2.88. The van der Waals surface area contributed by atoms with Gasteiger partial charge in [0.1, 0.15) is 5.70 Å². The summed E-state index contributed by atoms with van der Waals surface area (Å²) in [4.78, 5) is 30.1. The summed E-state index contributed by atoms with van der Waals surface area (Å²) < 4.78 is 0. The molecule has 2 aliphatic rings. The van der Waals surface area contributed by atoms with E-state index in [4.69, 9.17) is 0 Å². The second-order valence-corrected chi connectivity index (χ2v) is 8.82. The minimum atomic E-state index is -0.152. The van der Waals surface area contributed by atoms with Gasteiger partial charge in [-0.1, -0.05) is 74.5 Å². The van der Waals surface area contributed by atoms with E-state index in [9.17, 15) is 9.59 Å². The highest BCUT2D eigenvalue weighted by molar-refractivity contribution is 6.35. The lowest BCUT2D eigenvalue weighted by molar-refractivity contribution is -0.138. The fourth-order valence-corrected chi connectivity index (χ4v) is 4.56. The van der Waals surface area contributed by atoms with E-state index in [1.165, 1.54) is 10.5 Å². The first kappa shape index (κ1) is 20.4. The maximum atomic E-state index is 13.3. The van der Waals surface area contributed by atoms with Gasteiger partial charge in [0.25, 0.3) is 11.8 Å². The molecule has 1 fully saturated rings. The summed E-state index contributed by atoms with van der Waals surface area (Å²) >= 11 is 0. The Morgan fingerprint density at radius 3 is 2.07 bits per heavy atom. The second-order valence-electron chi connectivity index (χ2n) is 8.82. The van der Waals surface area contributed by atoms with Crippen LogP contribution in [0.3, 0.4) is 0 Å². The molecule has 2 aliphatic heterocycles. The number of amides is 2. The summed E-state index contributed by atoms with van der Waals surface area (Å²) in [7, 11) is 0. The van der Waals surface area contributed by atoms with Crippen LogP contribution >= 0.6 is 0 Å². The molecule has 0 aliphatic carbocycles. The molecule has 0 saturated carbocycles. The highest BCUT2D eigenvalue weighted by atomic mass is 16.2. The maximum absolute atomic E-state index is 13.3. The molecule has 2 aromatic carbocycles. The third-order valence-corrected chi connectivity index (χ3v) is 6.05. The molecular formula is C26H30N2O2. The van der Waals surface area contributed by atoms with Crippen LogP contribution in [0, 0.1) is 11.8 Å². The van der Waals surface area contributed by atoms with Crippen LogP contribution in [0.1, 0.15) is 37.8 Å². The molecular weight excluding hydrogens is 372 g/mol. The monoisotopic (exact) mass is 402 g/mol. The van der Waals surface area contributed by atoms with Crippen molar-refractivity contribution in [3.05, 3.63) is 77.5 Å². The Balaban J connectivity index is 1.56. The first-order valence-corrected chi connectivity index (χ1v) is 11.0. The second kappa shape index (κ2) is 8.86. The van der Waals surface area contributed by atoms with Crippen LogP contribution in [0.4, 0.5) is 0 Å². The lowest BCUT2D eigenvalue weighted by atomic mass is 9.89. The van der Waals surface area contributed by atoms with Gasteiger partial charge in [0.05, 0.1) is 5.57 Å². The van der Waals surface area contributed by atoms with E-state index in [1.807, 2.05) is 44.2 Å². The Morgan fingerprint density at radius 1 is 0.867 bits per heavy atom. The lowest BCUT2D eigenvalue weighted by Gasteiger charge is -2.34. The summed E-state index contributed by atoms with van der Waals surface area (Å²) in [5.41, 5.74) is 3.38. The minimum Gasteiger partial charge on any atom is -0.366 e. The summed E-state index contributed by atoms with van der Waals surface area (Å²) in [6.45, 7) is 6.17. The van der Waals surface area contributed by atoms with Crippen LogP contribution in [0.15, 0.2) is 66.4 Å². The zero-order chi connectivity index (χ0) is 21.1. The number of likely N-dealkylation sites (tertiary alicyclic amines) is 1. The van der Waals surface area contributed by atoms with E-state index >= 15 is 0 Å². The van der Waals surface area contributed by atoms with Crippen LogP contribution < -0.4 is 0 Å². The van der Waals surface area contributed by atoms with Gasteiger partial charge in [0.2, 0.25) is 0 Å². The number of rotatable bonds is 6. The predicted molar refractivity (Wildman–Crippen MR) is 119 cm³/mol. The average Bonchev–Trinajstić information content (AvgIpc) is 3.00. The molecule has 1 saturated heterocycles. The topological polar surface area (TPSA) is 40.6 Å². The lowest BCUT2D eigenvalue weighted by Crippen LogP contribution is -2.40. The Bertz CT molecular complexity index is 926. The normalized spacial score (nSPS) is 18.1. The van der Waals surface area contributed by atoms with Crippen molar-refractivity contribution in [1.29, 1.82) is 0 Å². The molecule has 0 atom stereocenters. The fourth-order valence-electron chi connectivity index (χ4n) is 4.56. The van der Waals surface area contributed by atoms with Gasteiger partial charge in [0.15, 0.2) is 0 Å². The third kappa shape index (κ3) is 4.18. The zero-order valence-corrected chi connectivity index (χ0v) is 17.9. The van der Waals surface area contributed by atoms with Crippen molar-refractivity contribution in [2.75, 3.05) is 19.6 Å². The van der Waals surface area contributed by atoms with Crippen molar-refractivity contribution < 1.29 is 9.59 Å². The average molecular weight is 403 g/mol. The van der Waals surface area contributed by atoms with Crippen LogP contribution in [0.2, 0.25) is 0 Å². The molecule has 4 nitrogen and oxygen atoms in total. The van der Waals surface area contributed by atoms with Crippen molar-refractivity contribution in [3.8, 4) is 0 Å². The van der Waals surface area contributed by atoms with Crippen LogP contribution in [0.25, 0.3) is 5.57 Å². The summed E-state index contributed by atoms with van der Waals surface area (Å²) in [5, 5.41) is 0. The molecule has 4 heteroatoms. The summed E-state index contributed by atoms with van der Waals surface area (Å²) in [6.07, 6.45) is 3.14. The van der Waals surface area contributed by atoms with Gasteiger partial charge < -0.3 is 4.90 Å². The van der Waals surface area contributed by atoms with Gasteiger partial charge in [0, 0.05) is 19.6 Å². The van der Waals surface area contributed by atoms with Gasteiger partial charge >= 0.3 is 0 Å². The molecule has 0 N–H and O–H groups in total. The Labute approximate surface area is 179 Å². The molecule has 0 aromatic heterocycles. The van der Waals surface area contributed by atoms with Crippen molar-refractivity contribution in [1.82, 2.24) is 9.80 Å². The van der Waals surface area contributed by atoms with Gasteiger partial charge in [-0.3, -0.25) is 14.5 Å². The van der Waals surface area contributed by atoms with Crippen LogP contribution in [0.5, 0.6) is 0 Å². The van der Waals surface area contributed by atoms with E-state index in [-0.39, 0.29) is 17.7 Å². The number of piperidine rings is 1. The molecule has 2 amide bonds. The number of nitrogens with zero attached hydrogens (tertiary/aromatic N) is 2. The van der Waals surface area contributed by atoms with Crippen LogP contribution in [-0.2, 0) is 16.0 Å². The van der Waals surface area contributed by atoms with Crippen LogP contribution in [-0.4, -0.2) is 41.2 Å². The number of carbonyl (C=O) groups is 2. The maximum Gasteiger partial charge on any atom is 0.277 e. The predicted octanol–water partition coefficient (Wildman–Crippen LogP) is 4.38. The number of hydrogen-bond donors (Lipinski definition) is 0. The zero-order valence-electron chi connectivity index (χ0n) is 17.9. The first-order chi connectivity index (χ1) is 14.5. The highest BCUT2D eigenvalue weighted by Crippen LogP contribution is 2.34. The van der Waals surface area contributed by atoms with Crippen molar-refractivity contribution in [3.63, 3.8) is 0 Å². The van der Waals surface area contributed by atoms with E-state index in [0.29, 0.717) is 23.7 Å². The van der Waals surface area contributed by atoms with Crippen molar-refractivity contribution >= 4 is 17.4 Å². The van der Waals surface area contributed by atoms with Crippen molar-refractivity contribution in [2.45, 2.75) is 33.1 Å². The number of hydrogen-bond acceptors (Lipinski definition) is 3. The van der Waals surface area contributed by atoms with E-state index < -0.39 is 0 Å². The smallest absolute Gasteiger partial charge is 0.277 e. The summed E-state index contributed by atoms with van der Waals surface area (Å²) in [5.74, 6) is 0.574. The Kier molecular flexibility index (Phi) is 6.03. The molecule has 2 heterocycles. The molecule has 0 unspecified atom stereocenters. The molecule has 4 rings (SSSR count). The molecule has 30 heavy (non-hydrogen) atoms. The van der Waals surface area contributed by atoms with E-state index in [2.05, 4.69) is 35.2 Å². The highest BCUT2D eigenvalue weighted by Gasteiger charge is 2.42. The standard InChI is InChI=1S/C26H30N2O2/c1-19(2)18-28-25(29)23(22-11-7-4-8-12-22)24(26(28)30)27-15-13-21(14-16-27)17-20-9-5-3-6-10-20/h3-12,19,21H,13-18H2,1-2H3. The number of imide groups is 1. The van der Waals surface area contributed by atoms with E-state index in [1.54, 1.807) is 0 Å². The minimum absolute atomic E-state index is 0.130. The van der Waals surface area contributed by atoms with Gasteiger partial charge in [-0.25, -0.2) is 0 Å². The van der Waals surface area contributed by atoms with Gasteiger partial charge in [-0.15, -0.1) is 0 Å². The Morgan fingerprint density at radius 2 is 1.47 bits per heavy atom. The third-order valence-electron chi connectivity index (χ3n) is 6.05. The quantitative estimate of drug-likeness (QED) is 0.674.